The van der Waals surface area contributed by atoms with Gasteiger partial charge in [-0.2, -0.15) is 0 Å². The highest BCUT2D eigenvalue weighted by Crippen LogP contribution is 2.28. The SMILES string of the molecule is CCOc1ccccc1NC(=O)COc1ccc2c(=O)c(-c3ccc(OC)cc3)c(C)oc2c1. The Kier molecular flexibility index (Phi) is 6.82. The molecule has 0 atom stereocenters. The molecule has 0 unspecified atom stereocenters. The summed E-state index contributed by atoms with van der Waals surface area (Å²) in [7, 11) is 1.59. The fourth-order valence-electron chi connectivity index (χ4n) is 3.65. The van der Waals surface area contributed by atoms with Crippen molar-refractivity contribution in [3.63, 3.8) is 0 Å². The molecular weight excluding hydrogens is 434 g/mol. The Hall–Kier alpha value is -4.26. The molecule has 0 fully saturated rings. The molecule has 7 nitrogen and oxygen atoms in total. The summed E-state index contributed by atoms with van der Waals surface area (Å²) < 4.78 is 22.3. The molecule has 174 valence electrons. The number of methoxy groups -OCH3 is 1. The first kappa shape index (κ1) is 22.9. The number of para-hydroxylation sites is 2. The number of hydrogen-bond donors (Lipinski definition) is 1. The van der Waals surface area contributed by atoms with Gasteiger partial charge < -0.3 is 23.9 Å². The van der Waals surface area contributed by atoms with Crippen molar-refractivity contribution in [2.75, 3.05) is 25.6 Å². The van der Waals surface area contributed by atoms with E-state index >= 15 is 0 Å². The molecule has 0 bridgehead atoms. The number of rotatable bonds is 8. The summed E-state index contributed by atoms with van der Waals surface area (Å²) in [5.41, 5.74) is 2.07. The van der Waals surface area contributed by atoms with Crippen LogP contribution < -0.4 is 25.0 Å². The van der Waals surface area contributed by atoms with Gasteiger partial charge in [0.15, 0.2) is 6.61 Å². The van der Waals surface area contributed by atoms with Crippen LogP contribution in [0.25, 0.3) is 22.1 Å². The van der Waals surface area contributed by atoms with E-state index in [1.165, 1.54) is 0 Å². The van der Waals surface area contributed by atoms with Gasteiger partial charge >= 0.3 is 0 Å². The third kappa shape index (κ3) is 4.88. The minimum atomic E-state index is -0.334. The van der Waals surface area contributed by atoms with Crippen LogP contribution in [-0.2, 0) is 4.79 Å². The van der Waals surface area contributed by atoms with Crippen LogP contribution >= 0.6 is 0 Å². The first-order chi connectivity index (χ1) is 16.5. The number of amides is 1. The largest absolute Gasteiger partial charge is 0.497 e. The Labute approximate surface area is 196 Å². The predicted octanol–water partition coefficient (Wildman–Crippen LogP) is 5.19. The fourth-order valence-corrected chi connectivity index (χ4v) is 3.65. The van der Waals surface area contributed by atoms with E-state index < -0.39 is 0 Å². The monoisotopic (exact) mass is 459 g/mol. The molecule has 1 amide bonds. The van der Waals surface area contributed by atoms with Crippen LogP contribution in [-0.4, -0.2) is 26.2 Å². The number of ether oxygens (including phenoxy) is 3. The number of nitrogens with one attached hydrogen (secondary N) is 1. The van der Waals surface area contributed by atoms with E-state index in [4.69, 9.17) is 18.6 Å². The highest BCUT2D eigenvalue weighted by molar-refractivity contribution is 5.93. The maximum Gasteiger partial charge on any atom is 0.262 e. The average molecular weight is 459 g/mol. The summed E-state index contributed by atoms with van der Waals surface area (Å²) in [5, 5.41) is 3.21. The maximum absolute atomic E-state index is 13.2. The van der Waals surface area contributed by atoms with Crippen LogP contribution in [0.2, 0.25) is 0 Å². The Morgan fingerprint density at radius 2 is 1.71 bits per heavy atom. The molecule has 34 heavy (non-hydrogen) atoms. The standard InChI is InChI=1S/C27H25NO6/c1-4-32-23-8-6-5-7-22(23)28-25(29)16-33-20-13-14-21-24(15-20)34-17(2)26(27(21)30)18-9-11-19(31-3)12-10-18/h5-15H,4,16H2,1-3H3,(H,28,29). The summed E-state index contributed by atoms with van der Waals surface area (Å²) in [6, 6.07) is 19.3. The van der Waals surface area contributed by atoms with Crippen molar-refractivity contribution in [1.29, 1.82) is 0 Å². The normalized spacial score (nSPS) is 10.7. The Bertz CT molecular complexity index is 1370. The summed E-state index contributed by atoms with van der Waals surface area (Å²) in [4.78, 5) is 25.5. The van der Waals surface area contributed by atoms with Crippen molar-refractivity contribution >= 4 is 22.6 Å². The highest BCUT2D eigenvalue weighted by Gasteiger charge is 2.15. The number of hydrogen-bond acceptors (Lipinski definition) is 6. The summed E-state index contributed by atoms with van der Waals surface area (Å²) in [6.45, 7) is 3.91. The first-order valence-corrected chi connectivity index (χ1v) is 10.9. The van der Waals surface area contributed by atoms with Crippen molar-refractivity contribution in [3.05, 3.63) is 82.7 Å². The molecule has 0 saturated heterocycles. The van der Waals surface area contributed by atoms with Crippen LogP contribution in [0, 0.1) is 6.92 Å². The zero-order chi connectivity index (χ0) is 24.1. The molecule has 1 aromatic heterocycles. The van der Waals surface area contributed by atoms with E-state index in [0.717, 1.165) is 5.56 Å². The second kappa shape index (κ2) is 10.1. The molecule has 0 saturated carbocycles. The van der Waals surface area contributed by atoms with E-state index in [2.05, 4.69) is 5.32 Å². The lowest BCUT2D eigenvalue weighted by atomic mass is 10.0. The van der Waals surface area contributed by atoms with Crippen molar-refractivity contribution in [1.82, 2.24) is 0 Å². The molecule has 0 aliphatic carbocycles. The summed E-state index contributed by atoms with van der Waals surface area (Å²) in [5.74, 6) is 1.87. The Balaban J connectivity index is 1.51. The Morgan fingerprint density at radius 1 is 0.971 bits per heavy atom. The molecule has 0 radical (unpaired) electrons. The minimum Gasteiger partial charge on any atom is -0.497 e. The van der Waals surface area contributed by atoms with E-state index in [9.17, 15) is 9.59 Å². The summed E-state index contributed by atoms with van der Waals surface area (Å²) in [6.07, 6.45) is 0. The van der Waals surface area contributed by atoms with Gasteiger partial charge in [0.1, 0.15) is 28.6 Å². The predicted molar refractivity (Wildman–Crippen MR) is 131 cm³/mol. The van der Waals surface area contributed by atoms with Gasteiger partial charge in [-0.1, -0.05) is 24.3 Å². The van der Waals surface area contributed by atoms with Crippen molar-refractivity contribution < 1.29 is 23.4 Å². The third-order valence-electron chi connectivity index (χ3n) is 5.25. The highest BCUT2D eigenvalue weighted by atomic mass is 16.5. The molecular formula is C27H25NO6. The third-order valence-corrected chi connectivity index (χ3v) is 5.25. The second-order valence-electron chi connectivity index (χ2n) is 7.51. The van der Waals surface area contributed by atoms with Gasteiger partial charge in [-0.3, -0.25) is 9.59 Å². The minimum absolute atomic E-state index is 0.138. The Morgan fingerprint density at radius 3 is 2.44 bits per heavy atom. The number of anilines is 1. The number of fused-ring (bicyclic) bond motifs is 1. The lowest BCUT2D eigenvalue weighted by molar-refractivity contribution is -0.118. The van der Waals surface area contributed by atoms with E-state index in [1.807, 2.05) is 31.2 Å². The summed E-state index contributed by atoms with van der Waals surface area (Å²) >= 11 is 0. The second-order valence-corrected chi connectivity index (χ2v) is 7.51. The van der Waals surface area contributed by atoms with Crippen LogP contribution in [0.4, 0.5) is 5.69 Å². The maximum atomic E-state index is 13.2. The molecule has 3 aromatic carbocycles. The zero-order valence-corrected chi connectivity index (χ0v) is 19.2. The quantitative estimate of drug-likeness (QED) is 0.390. The zero-order valence-electron chi connectivity index (χ0n) is 19.2. The number of carbonyl (C=O) groups is 1. The van der Waals surface area contributed by atoms with Crippen molar-refractivity contribution in [3.8, 4) is 28.4 Å². The van der Waals surface area contributed by atoms with E-state index in [-0.39, 0.29) is 17.9 Å². The molecule has 4 rings (SSSR count). The lowest BCUT2D eigenvalue weighted by Crippen LogP contribution is -2.20. The van der Waals surface area contributed by atoms with Crippen LogP contribution in [0.1, 0.15) is 12.7 Å². The molecule has 0 aliphatic rings. The van der Waals surface area contributed by atoms with E-state index in [0.29, 0.717) is 51.8 Å². The average Bonchev–Trinajstić information content (AvgIpc) is 2.84. The lowest BCUT2D eigenvalue weighted by Gasteiger charge is -2.12. The van der Waals surface area contributed by atoms with Crippen molar-refractivity contribution in [2.24, 2.45) is 0 Å². The van der Waals surface area contributed by atoms with Crippen molar-refractivity contribution in [2.45, 2.75) is 13.8 Å². The van der Waals surface area contributed by atoms with Crippen LogP contribution in [0.15, 0.2) is 75.9 Å². The molecule has 0 spiro atoms. The smallest absolute Gasteiger partial charge is 0.262 e. The molecule has 0 aliphatic heterocycles. The first-order valence-electron chi connectivity index (χ1n) is 10.9. The molecule has 4 aromatic rings. The van der Waals surface area contributed by atoms with Gasteiger partial charge in [0, 0.05) is 6.07 Å². The van der Waals surface area contributed by atoms with Crippen LogP contribution in [0.5, 0.6) is 17.2 Å². The van der Waals surface area contributed by atoms with Gasteiger partial charge in [-0.05, 0) is 55.8 Å². The van der Waals surface area contributed by atoms with Gasteiger partial charge in [0.2, 0.25) is 5.43 Å². The van der Waals surface area contributed by atoms with Gasteiger partial charge in [0.05, 0.1) is 30.4 Å². The number of carbonyl (C=O) groups excluding carboxylic acids is 1. The van der Waals surface area contributed by atoms with Gasteiger partial charge in [-0.15, -0.1) is 0 Å². The van der Waals surface area contributed by atoms with E-state index in [1.54, 1.807) is 56.5 Å². The molecule has 7 heteroatoms. The topological polar surface area (TPSA) is 87.0 Å². The fraction of sp³-hybridized carbons (Fsp3) is 0.185. The van der Waals surface area contributed by atoms with Crippen LogP contribution in [0.3, 0.4) is 0 Å². The molecule has 1 heterocycles. The van der Waals surface area contributed by atoms with Gasteiger partial charge in [-0.25, -0.2) is 0 Å². The molecule has 1 N–H and O–H groups in total. The van der Waals surface area contributed by atoms with Gasteiger partial charge in [0.25, 0.3) is 5.91 Å². The number of aryl methyl sites for hydroxylation is 1. The number of benzene rings is 3.